The van der Waals surface area contributed by atoms with Gasteiger partial charge in [-0.15, -0.1) is 0 Å². The fourth-order valence-corrected chi connectivity index (χ4v) is 6.97. The van der Waals surface area contributed by atoms with Crippen LogP contribution in [0.1, 0.15) is 38.3 Å². The molecular weight excluding hydrogens is 737 g/mol. The van der Waals surface area contributed by atoms with Crippen LogP contribution in [-0.2, 0) is 32.6 Å². The molecule has 4 aromatic carbocycles. The van der Waals surface area contributed by atoms with E-state index in [0.29, 0.717) is 38.9 Å². The molecule has 2 atom stereocenters. The average Bonchev–Trinajstić information content (AvgIpc) is 3.07. The Morgan fingerprint density at radius 3 is 2.15 bits per heavy atom. The minimum atomic E-state index is -4.25. The monoisotopic (exact) mass is 773 g/mol. The van der Waals surface area contributed by atoms with Crippen molar-refractivity contribution in [1.82, 2.24) is 10.2 Å². The molecule has 0 bridgehead atoms. The number of amides is 2. The lowest BCUT2D eigenvalue weighted by Gasteiger charge is -2.34. The van der Waals surface area contributed by atoms with Gasteiger partial charge in [0, 0.05) is 23.5 Å². The van der Waals surface area contributed by atoms with E-state index in [0.717, 1.165) is 9.87 Å². The number of hydrogen-bond donors (Lipinski definition) is 1. The number of hydrogen-bond acceptors (Lipinski definition) is 5. The Kier molecular flexibility index (Phi) is 13.3. The first-order valence-corrected chi connectivity index (χ1v) is 18.5. The number of carbonyl (C=O) groups is 2. The van der Waals surface area contributed by atoms with Crippen molar-refractivity contribution in [3.63, 3.8) is 0 Å². The van der Waals surface area contributed by atoms with Gasteiger partial charge in [-0.2, -0.15) is 0 Å². The smallest absolute Gasteiger partial charge is 0.264 e. The molecule has 0 unspecified atom stereocenters. The molecule has 2 amide bonds. The van der Waals surface area contributed by atoms with Gasteiger partial charge < -0.3 is 15.0 Å². The number of halogens is 3. The van der Waals surface area contributed by atoms with Crippen LogP contribution in [0.25, 0.3) is 0 Å². The zero-order valence-corrected chi connectivity index (χ0v) is 30.8. The topological polar surface area (TPSA) is 96.0 Å². The number of benzene rings is 4. The second kappa shape index (κ2) is 17.2. The number of ether oxygens (including phenoxy) is 1. The van der Waals surface area contributed by atoms with Crippen LogP contribution in [0.2, 0.25) is 10.0 Å². The Hall–Kier alpha value is -3.57. The molecule has 0 saturated carbocycles. The Labute approximate surface area is 301 Å². The second-order valence-corrected chi connectivity index (χ2v) is 14.8. The predicted molar refractivity (Wildman–Crippen MR) is 195 cm³/mol. The van der Waals surface area contributed by atoms with Crippen molar-refractivity contribution in [2.24, 2.45) is 0 Å². The molecule has 48 heavy (non-hydrogen) atoms. The highest BCUT2D eigenvalue weighted by Gasteiger charge is 2.35. The van der Waals surface area contributed by atoms with Crippen molar-refractivity contribution in [1.29, 1.82) is 0 Å². The average molecular weight is 776 g/mol. The normalized spacial score (nSPS) is 12.5. The summed E-state index contributed by atoms with van der Waals surface area (Å²) in [5.74, 6) is -0.389. The summed E-state index contributed by atoms with van der Waals surface area (Å²) in [6.07, 6.45) is 0.875. The van der Waals surface area contributed by atoms with Gasteiger partial charge in [-0.05, 0) is 92.1 Å². The highest BCUT2D eigenvalue weighted by molar-refractivity contribution is 9.10. The van der Waals surface area contributed by atoms with Crippen molar-refractivity contribution in [3.8, 4) is 5.75 Å². The van der Waals surface area contributed by atoms with Gasteiger partial charge in [-0.25, -0.2) is 8.42 Å². The molecule has 0 heterocycles. The van der Waals surface area contributed by atoms with Crippen molar-refractivity contribution < 1.29 is 22.7 Å². The molecule has 0 fully saturated rings. The van der Waals surface area contributed by atoms with Gasteiger partial charge in [0.1, 0.15) is 18.3 Å². The van der Waals surface area contributed by atoms with E-state index < -0.39 is 28.5 Å². The predicted octanol–water partition coefficient (Wildman–Crippen LogP) is 7.90. The highest BCUT2D eigenvalue weighted by atomic mass is 79.9. The Morgan fingerprint density at radius 2 is 1.54 bits per heavy atom. The van der Waals surface area contributed by atoms with E-state index in [9.17, 15) is 18.0 Å². The second-order valence-electron chi connectivity index (χ2n) is 11.2. The van der Waals surface area contributed by atoms with Crippen LogP contribution in [0.5, 0.6) is 5.75 Å². The molecular formula is C36H38BrCl2N3O5S. The zero-order valence-electron chi connectivity index (χ0n) is 26.9. The van der Waals surface area contributed by atoms with Crippen LogP contribution in [-0.4, -0.2) is 50.4 Å². The van der Waals surface area contributed by atoms with Gasteiger partial charge >= 0.3 is 0 Å². The van der Waals surface area contributed by atoms with Gasteiger partial charge in [0.25, 0.3) is 10.0 Å². The van der Waals surface area contributed by atoms with Crippen LogP contribution in [0.3, 0.4) is 0 Å². The van der Waals surface area contributed by atoms with Crippen molar-refractivity contribution in [2.45, 2.75) is 57.1 Å². The molecule has 0 spiro atoms. The van der Waals surface area contributed by atoms with Gasteiger partial charge in [-0.1, -0.05) is 82.5 Å². The summed E-state index contributed by atoms with van der Waals surface area (Å²) in [6.45, 7) is 5.51. The third-order valence-electron chi connectivity index (χ3n) is 7.73. The molecule has 0 aliphatic heterocycles. The summed E-state index contributed by atoms with van der Waals surface area (Å²) >= 11 is 15.9. The van der Waals surface area contributed by atoms with E-state index in [4.69, 9.17) is 27.9 Å². The SMILES string of the molecule is CCOc1ccc(N(CC(=O)N(Cc2ccc(Cl)c(Cl)c2)[C@@H](Cc2ccccc2)C(=O)N[C@H](C)CC)S(=O)(=O)c2ccc(Br)cc2)cc1. The molecule has 8 nitrogen and oxygen atoms in total. The molecule has 0 aliphatic rings. The van der Waals surface area contributed by atoms with E-state index in [1.165, 1.54) is 17.0 Å². The molecule has 0 aromatic heterocycles. The third kappa shape index (κ3) is 9.75. The molecule has 0 saturated heterocycles. The van der Waals surface area contributed by atoms with Crippen LogP contribution in [0.15, 0.2) is 106 Å². The van der Waals surface area contributed by atoms with Crippen molar-refractivity contribution >= 4 is 66.7 Å². The van der Waals surface area contributed by atoms with Gasteiger partial charge in [0.05, 0.1) is 27.2 Å². The maximum absolute atomic E-state index is 14.6. The largest absolute Gasteiger partial charge is 0.494 e. The highest BCUT2D eigenvalue weighted by Crippen LogP contribution is 2.29. The Balaban J connectivity index is 1.82. The van der Waals surface area contributed by atoms with Gasteiger partial charge in [-0.3, -0.25) is 13.9 Å². The van der Waals surface area contributed by atoms with E-state index >= 15 is 0 Å². The van der Waals surface area contributed by atoms with E-state index in [2.05, 4.69) is 21.2 Å². The zero-order chi connectivity index (χ0) is 34.8. The van der Waals surface area contributed by atoms with E-state index in [1.807, 2.05) is 51.1 Å². The molecule has 0 aliphatic carbocycles. The maximum Gasteiger partial charge on any atom is 0.264 e. The molecule has 254 valence electrons. The van der Waals surface area contributed by atoms with E-state index in [1.54, 1.807) is 54.6 Å². The lowest BCUT2D eigenvalue weighted by Crippen LogP contribution is -2.54. The first-order chi connectivity index (χ1) is 22.9. The van der Waals surface area contributed by atoms with Crippen LogP contribution < -0.4 is 14.4 Å². The molecule has 0 radical (unpaired) electrons. The molecule has 4 aromatic rings. The first-order valence-electron chi connectivity index (χ1n) is 15.5. The number of anilines is 1. The number of sulfonamides is 1. The Bertz CT molecular complexity index is 1790. The number of rotatable bonds is 15. The fourth-order valence-electron chi connectivity index (χ4n) is 4.97. The summed E-state index contributed by atoms with van der Waals surface area (Å²) < 4.78 is 35.8. The molecule has 4 rings (SSSR count). The van der Waals surface area contributed by atoms with Gasteiger partial charge in [0.15, 0.2) is 0 Å². The lowest BCUT2D eigenvalue weighted by atomic mass is 10.0. The number of nitrogens with one attached hydrogen (secondary N) is 1. The maximum atomic E-state index is 14.6. The van der Waals surface area contributed by atoms with Crippen molar-refractivity contribution in [2.75, 3.05) is 17.5 Å². The fraction of sp³-hybridized carbons (Fsp3) is 0.278. The summed E-state index contributed by atoms with van der Waals surface area (Å²) in [4.78, 5) is 30.0. The lowest BCUT2D eigenvalue weighted by molar-refractivity contribution is -0.140. The van der Waals surface area contributed by atoms with Crippen molar-refractivity contribution in [3.05, 3.63) is 123 Å². The third-order valence-corrected chi connectivity index (χ3v) is 10.8. The van der Waals surface area contributed by atoms with E-state index in [-0.39, 0.29) is 35.5 Å². The minimum Gasteiger partial charge on any atom is -0.494 e. The summed E-state index contributed by atoms with van der Waals surface area (Å²) in [5.41, 5.74) is 1.71. The summed E-state index contributed by atoms with van der Waals surface area (Å²) in [6, 6.07) is 25.9. The quantitative estimate of drug-likeness (QED) is 0.133. The number of carbonyl (C=O) groups excluding carboxylic acids is 2. The Morgan fingerprint density at radius 1 is 0.875 bits per heavy atom. The summed E-state index contributed by atoms with van der Waals surface area (Å²) in [7, 11) is -4.25. The molecule has 1 N–H and O–H groups in total. The first kappa shape index (κ1) is 37.3. The van der Waals surface area contributed by atoms with Gasteiger partial charge in [0.2, 0.25) is 11.8 Å². The molecule has 12 heteroatoms. The van der Waals surface area contributed by atoms with Crippen LogP contribution >= 0.6 is 39.1 Å². The van der Waals surface area contributed by atoms with Crippen LogP contribution in [0, 0.1) is 0 Å². The minimum absolute atomic E-state index is 0.00114. The number of nitrogens with zero attached hydrogens (tertiary/aromatic N) is 2. The standard InChI is InChI=1S/C36H38BrCl2N3O5S/c1-4-25(3)40-36(44)34(22-26-9-7-6-8-10-26)41(23-27-11-20-32(38)33(39)21-27)35(43)24-42(29-14-16-30(17-15-29)47-5-2)48(45,46)31-18-12-28(37)13-19-31/h6-21,25,34H,4-5,22-24H2,1-3H3,(H,40,44)/t25-,34+/m1/s1. The van der Waals surface area contributed by atoms with Crippen LogP contribution in [0.4, 0.5) is 5.69 Å². The summed E-state index contributed by atoms with van der Waals surface area (Å²) in [5, 5.41) is 3.66.